The first kappa shape index (κ1) is 10.3. The van der Waals surface area contributed by atoms with E-state index in [1.54, 1.807) is 22.9 Å². The number of nitrogens with zero attached hydrogens (tertiary/aromatic N) is 1. The molecule has 2 bridgehead atoms. The van der Waals surface area contributed by atoms with Gasteiger partial charge in [0.2, 0.25) is 5.60 Å². The minimum atomic E-state index is -3.44. The van der Waals surface area contributed by atoms with Crippen LogP contribution in [-0.4, -0.2) is 59.9 Å². The Labute approximate surface area is 192 Å². The molecule has 0 aromatic carbocycles. The number of aliphatic hydroxyl groups is 1. The van der Waals surface area contributed by atoms with Crippen LogP contribution in [0.3, 0.4) is 0 Å². The van der Waals surface area contributed by atoms with Crippen LogP contribution in [0.25, 0.3) is 0 Å². The summed E-state index contributed by atoms with van der Waals surface area (Å²) < 4.78 is 102. The average Bonchev–Trinajstić information content (AvgIpc) is 3.23. The SMILES string of the molecule is [2H]C1([2H])C2C3OC3C(C([2H])([2H])C1([2H])OC(=O)C(O)(c1cccs1)c1cccs1)[N+]2(C([2H])([2H])[2H])C([2H])([2H])[2H].[Br-]. The summed E-state index contributed by atoms with van der Waals surface area (Å²) in [6.45, 7) is -6.86. The number of carbonyl (C=O) groups excluding carboxylic acids is 1. The Bertz CT molecular complexity index is 1140. The zero-order chi connectivity index (χ0) is 27.6. The van der Waals surface area contributed by atoms with E-state index in [-0.39, 0.29) is 26.7 Å². The van der Waals surface area contributed by atoms with Gasteiger partial charge in [-0.1, -0.05) is 12.1 Å². The second-order valence-electron chi connectivity index (χ2n) is 6.40. The molecule has 2 aromatic rings. The molecule has 2 aromatic heterocycles. The molecule has 3 saturated heterocycles. The molecule has 0 saturated carbocycles. The number of piperidine rings is 1. The highest BCUT2D eigenvalue weighted by Crippen LogP contribution is 2.52. The number of fused-ring (bicyclic) bond motifs is 5. The zero-order valence-corrected chi connectivity index (χ0v) is 16.8. The van der Waals surface area contributed by atoms with Crippen molar-refractivity contribution >= 4 is 28.6 Å². The molecule has 27 heavy (non-hydrogen) atoms. The first-order valence-corrected chi connectivity index (χ1v) is 9.65. The number of ether oxygens (including phenoxy) is 2. The normalized spacial score (nSPS) is 46.5. The van der Waals surface area contributed by atoms with Crippen LogP contribution in [0.4, 0.5) is 0 Å². The summed E-state index contributed by atoms with van der Waals surface area (Å²) in [6, 6.07) is 1.76. The van der Waals surface area contributed by atoms with Crippen LogP contribution >= 0.6 is 22.7 Å². The molecule has 0 radical (unpaired) electrons. The summed E-state index contributed by atoms with van der Waals surface area (Å²) in [5.74, 6) is -1.54. The molecule has 5 rings (SSSR count). The molecule has 146 valence electrons. The van der Waals surface area contributed by atoms with E-state index >= 15 is 0 Å². The highest BCUT2D eigenvalue weighted by molar-refractivity contribution is 7.12. The molecule has 4 atom stereocenters. The summed E-state index contributed by atoms with van der Waals surface area (Å²) in [5.41, 5.74) is -2.52. The van der Waals surface area contributed by atoms with Crippen LogP contribution < -0.4 is 17.0 Å². The molecule has 1 N–H and O–H groups in total. The number of morpholine rings is 1. The van der Waals surface area contributed by atoms with Crippen molar-refractivity contribution in [2.24, 2.45) is 0 Å². The molecule has 0 amide bonds. The fourth-order valence-electron chi connectivity index (χ4n) is 3.48. The van der Waals surface area contributed by atoms with Crippen molar-refractivity contribution in [3.63, 3.8) is 0 Å². The number of rotatable bonds is 4. The van der Waals surface area contributed by atoms with Gasteiger partial charge < -0.3 is 36.0 Å². The number of hydrogen-bond donors (Lipinski definition) is 1. The Hall–Kier alpha value is -0.770. The molecule has 8 heteroatoms. The Balaban J connectivity index is 0.00000336. The van der Waals surface area contributed by atoms with Gasteiger partial charge in [0.15, 0.2) is 0 Å². The van der Waals surface area contributed by atoms with E-state index < -0.39 is 73.1 Å². The van der Waals surface area contributed by atoms with Gasteiger partial charge in [-0.3, -0.25) is 0 Å². The Morgan fingerprint density at radius 1 is 1.30 bits per heavy atom. The number of likely N-dealkylation sites (N-methyl/N-ethyl adjacent to an activating group) is 1. The van der Waals surface area contributed by atoms with Gasteiger partial charge in [0, 0.05) is 18.2 Å². The summed E-state index contributed by atoms with van der Waals surface area (Å²) in [7, 11) is 0. The number of carbonyl (C=O) groups is 1. The van der Waals surface area contributed by atoms with E-state index in [4.69, 9.17) is 24.6 Å². The lowest BCUT2D eigenvalue weighted by atomic mass is 9.95. The van der Waals surface area contributed by atoms with E-state index in [0.717, 1.165) is 22.7 Å². The number of halogens is 1. The van der Waals surface area contributed by atoms with Crippen LogP contribution in [0.1, 0.15) is 37.6 Å². The minimum absolute atomic E-state index is 0. The van der Waals surface area contributed by atoms with Gasteiger partial charge in [-0.2, -0.15) is 0 Å². The fourth-order valence-corrected chi connectivity index (χ4v) is 5.19. The first-order chi connectivity index (χ1) is 16.8. The number of epoxide rings is 1. The predicted octanol–water partition coefficient (Wildman–Crippen LogP) is -0.650. The van der Waals surface area contributed by atoms with Gasteiger partial charge in [0.05, 0.1) is 33.3 Å². The van der Waals surface area contributed by atoms with E-state index in [0.29, 0.717) is 0 Å². The average molecular weight is 483 g/mol. The van der Waals surface area contributed by atoms with E-state index in [2.05, 4.69) is 0 Å². The minimum Gasteiger partial charge on any atom is -1.00 e. The van der Waals surface area contributed by atoms with Gasteiger partial charge in [0.25, 0.3) is 0 Å². The van der Waals surface area contributed by atoms with Gasteiger partial charge in [0.1, 0.15) is 30.4 Å². The topological polar surface area (TPSA) is 59.1 Å². The van der Waals surface area contributed by atoms with Gasteiger partial charge in [-0.05, 0) is 22.9 Å². The highest BCUT2D eigenvalue weighted by Gasteiger charge is 2.71. The number of esters is 1. The van der Waals surface area contributed by atoms with Crippen molar-refractivity contribution < 1.29 is 55.9 Å². The third kappa shape index (κ3) is 2.84. The standard InChI is InChI=1S/C19H22NO4S2.BrH/c1-20(2)12-9-11(10-13(20)17-16(12)24-17)23-18(21)19(22,14-5-3-7-25-14)15-6-4-8-26-15;/h3-8,11-13,16-17,22H,9-10H2,1-2H3;1H/q+1;/p-1/i1D3,2D3,9D2,10D2,11D;. The third-order valence-electron chi connectivity index (χ3n) is 4.87. The Morgan fingerprint density at radius 2 is 1.85 bits per heavy atom. The summed E-state index contributed by atoms with van der Waals surface area (Å²) >= 11 is 1.96. The summed E-state index contributed by atoms with van der Waals surface area (Å²) in [4.78, 5) is 13.8. The van der Waals surface area contributed by atoms with Crippen LogP contribution in [0.2, 0.25) is 0 Å². The van der Waals surface area contributed by atoms with Crippen LogP contribution in [-0.2, 0) is 19.9 Å². The maximum Gasteiger partial charge on any atom is 0.349 e. The number of quaternary nitrogens is 1. The Morgan fingerprint density at radius 3 is 2.30 bits per heavy atom. The summed E-state index contributed by atoms with van der Waals surface area (Å²) in [5, 5.41) is 14.7. The molecule has 3 aliphatic rings. The van der Waals surface area contributed by atoms with Crippen molar-refractivity contribution in [2.75, 3.05) is 14.0 Å². The molecule has 5 heterocycles. The fraction of sp³-hybridized carbons (Fsp3) is 0.526. The lowest BCUT2D eigenvalue weighted by Gasteiger charge is -2.45. The van der Waals surface area contributed by atoms with E-state index in [9.17, 15) is 9.90 Å². The van der Waals surface area contributed by atoms with E-state index in [1.807, 2.05) is 0 Å². The molecule has 0 spiro atoms. The van der Waals surface area contributed by atoms with Crippen molar-refractivity contribution in [3.8, 4) is 0 Å². The summed E-state index contributed by atoms with van der Waals surface area (Å²) in [6.07, 6.45) is -12.9. The Kier molecular flexibility index (Phi) is 2.54. The van der Waals surface area contributed by atoms with Crippen molar-refractivity contribution in [2.45, 2.75) is 48.7 Å². The zero-order valence-electron chi connectivity index (χ0n) is 24.6. The molecule has 5 nitrogen and oxygen atoms in total. The smallest absolute Gasteiger partial charge is 0.349 e. The first-order valence-electron chi connectivity index (χ1n) is 13.4. The van der Waals surface area contributed by atoms with Gasteiger partial charge in [-0.25, -0.2) is 4.79 Å². The third-order valence-corrected chi connectivity index (χ3v) is 6.82. The highest BCUT2D eigenvalue weighted by atomic mass is 79.9. The van der Waals surface area contributed by atoms with Gasteiger partial charge in [-0.15, -0.1) is 22.7 Å². The maximum absolute atomic E-state index is 13.6. The monoisotopic (exact) mass is 482 g/mol. The van der Waals surface area contributed by atoms with Crippen LogP contribution in [0.5, 0.6) is 0 Å². The van der Waals surface area contributed by atoms with Crippen LogP contribution in [0.15, 0.2) is 35.0 Å². The van der Waals surface area contributed by atoms with Crippen molar-refractivity contribution in [1.29, 1.82) is 0 Å². The number of hydrogen-bond acceptors (Lipinski definition) is 6. The lowest BCUT2D eigenvalue weighted by Crippen LogP contribution is -3.00. The van der Waals surface area contributed by atoms with Crippen molar-refractivity contribution in [1.82, 2.24) is 0 Å². The lowest BCUT2D eigenvalue weighted by molar-refractivity contribution is -0.938. The second kappa shape index (κ2) is 6.64. The maximum atomic E-state index is 13.6. The number of thiophene rings is 2. The molecule has 3 fully saturated rings. The predicted molar refractivity (Wildman–Crippen MR) is 99.1 cm³/mol. The molecular weight excluding hydrogens is 450 g/mol. The quantitative estimate of drug-likeness (QED) is 0.357. The van der Waals surface area contributed by atoms with E-state index in [1.165, 1.54) is 12.1 Å². The second-order valence-corrected chi connectivity index (χ2v) is 8.30. The largest absolute Gasteiger partial charge is 1.00 e. The van der Waals surface area contributed by atoms with Gasteiger partial charge >= 0.3 is 5.97 Å². The molecule has 3 aliphatic heterocycles. The molecule has 4 unspecified atom stereocenters. The molecule has 0 aliphatic carbocycles. The molecular formula is C19H22BrNO4S2. The van der Waals surface area contributed by atoms with Crippen molar-refractivity contribution in [3.05, 3.63) is 44.8 Å². The van der Waals surface area contributed by atoms with Crippen LogP contribution in [0, 0.1) is 0 Å².